The molecule has 1 heterocycles. The van der Waals surface area contributed by atoms with Crippen LogP contribution in [0.15, 0.2) is 24.4 Å². The molecule has 0 amide bonds. The van der Waals surface area contributed by atoms with E-state index in [0.717, 1.165) is 6.07 Å². The smallest absolute Gasteiger partial charge is 0.178 e. The number of nitrogens with zero attached hydrogens (tertiary/aromatic N) is 1. The van der Waals surface area contributed by atoms with E-state index in [9.17, 15) is 14.3 Å². The predicted octanol–water partition coefficient (Wildman–Crippen LogP) is 1.82. The Labute approximate surface area is 85.2 Å². The minimum absolute atomic E-state index is 0.111. The molecule has 0 bridgehead atoms. The van der Waals surface area contributed by atoms with Gasteiger partial charge >= 0.3 is 0 Å². The lowest BCUT2D eigenvalue weighted by molar-refractivity contribution is -0.107. The fourth-order valence-electron chi connectivity index (χ4n) is 1.52. The molecule has 0 aliphatic carbocycles. The van der Waals surface area contributed by atoms with E-state index in [4.69, 9.17) is 0 Å². The van der Waals surface area contributed by atoms with Gasteiger partial charge in [0.1, 0.15) is 11.8 Å². The monoisotopic (exact) mass is 205 g/mol. The molecule has 3 nitrogen and oxygen atoms in total. The number of aldehydes is 1. The summed E-state index contributed by atoms with van der Waals surface area (Å²) in [6, 6.07) is 4.53. The number of pyridine rings is 1. The van der Waals surface area contributed by atoms with E-state index < -0.39 is 11.6 Å². The van der Waals surface area contributed by atoms with Gasteiger partial charge in [0.2, 0.25) is 0 Å². The summed E-state index contributed by atoms with van der Waals surface area (Å²) in [5.74, 6) is -1.22. The molecule has 4 heteroatoms. The second-order valence-electron chi connectivity index (χ2n) is 3.14. The van der Waals surface area contributed by atoms with Crippen LogP contribution in [0.1, 0.15) is 5.56 Å². The van der Waals surface area contributed by atoms with E-state index in [1.54, 1.807) is 12.1 Å². The van der Waals surface area contributed by atoms with Crippen molar-refractivity contribution in [2.45, 2.75) is 6.42 Å². The zero-order chi connectivity index (χ0) is 10.8. The highest BCUT2D eigenvalue weighted by Crippen LogP contribution is 2.28. The number of hydrogen-bond donors (Lipinski definition) is 1. The van der Waals surface area contributed by atoms with Gasteiger partial charge in [-0.25, -0.2) is 4.39 Å². The minimum atomic E-state index is -0.752. The van der Waals surface area contributed by atoms with Crippen molar-refractivity contribution < 1.29 is 14.3 Å². The molecule has 1 aromatic carbocycles. The molecule has 76 valence electrons. The van der Waals surface area contributed by atoms with E-state index in [-0.39, 0.29) is 11.9 Å². The average Bonchev–Trinajstić information content (AvgIpc) is 2.26. The predicted molar refractivity (Wildman–Crippen MR) is 53.1 cm³/mol. The van der Waals surface area contributed by atoms with Gasteiger partial charge in [0.25, 0.3) is 0 Å². The second kappa shape index (κ2) is 3.65. The molecule has 0 aliphatic rings. The number of fused-ring (bicyclic) bond motifs is 1. The van der Waals surface area contributed by atoms with Gasteiger partial charge in [-0.1, -0.05) is 6.07 Å². The number of hydrogen-bond acceptors (Lipinski definition) is 3. The number of aromatic nitrogens is 1. The van der Waals surface area contributed by atoms with Crippen LogP contribution < -0.4 is 0 Å². The van der Waals surface area contributed by atoms with Crippen LogP contribution >= 0.6 is 0 Å². The quantitative estimate of drug-likeness (QED) is 0.761. The SMILES string of the molecule is O=CCc1cc(F)c(O)c2ncccc12. The zero-order valence-electron chi connectivity index (χ0n) is 7.77. The van der Waals surface area contributed by atoms with Crippen molar-refractivity contribution in [1.82, 2.24) is 4.98 Å². The Morgan fingerprint density at radius 2 is 2.33 bits per heavy atom. The topological polar surface area (TPSA) is 50.2 Å². The summed E-state index contributed by atoms with van der Waals surface area (Å²) in [5, 5.41) is 10.0. The molecule has 0 aliphatic heterocycles. The Balaban J connectivity index is 2.81. The lowest BCUT2D eigenvalue weighted by Gasteiger charge is -2.05. The van der Waals surface area contributed by atoms with E-state index in [2.05, 4.69) is 4.98 Å². The first kappa shape index (κ1) is 9.58. The van der Waals surface area contributed by atoms with Crippen molar-refractivity contribution >= 4 is 17.2 Å². The molecule has 0 saturated carbocycles. The van der Waals surface area contributed by atoms with Crippen LogP contribution in [-0.2, 0) is 11.2 Å². The summed E-state index contributed by atoms with van der Waals surface area (Å²) in [5.41, 5.74) is 0.720. The molecule has 0 unspecified atom stereocenters. The van der Waals surface area contributed by atoms with Crippen molar-refractivity contribution in [2.24, 2.45) is 0 Å². The van der Waals surface area contributed by atoms with E-state index >= 15 is 0 Å². The third-order valence-corrected chi connectivity index (χ3v) is 2.21. The van der Waals surface area contributed by atoms with Gasteiger partial charge in [-0.05, 0) is 17.7 Å². The van der Waals surface area contributed by atoms with Crippen LogP contribution in [0, 0.1) is 5.82 Å². The maximum Gasteiger partial charge on any atom is 0.178 e. The molecule has 1 aromatic heterocycles. The van der Waals surface area contributed by atoms with Gasteiger partial charge in [0.05, 0.1) is 0 Å². The fourth-order valence-corrected chi connectivity index (χ4v) is 1.52. The first-order valence-corrected chi connectivity index (χ1v) is 4.42. The Kier molecular flexibility index (Phi) is 2.33. The van der Waals surface area contributed by atoms with E-state index in [1.165, 1.54) is 6.20 Å². The van der Waals surface area contributed by atoms with E-state index in [0.29, 0.717) is 17.2 Å². The summed E-state index contributed by atoms with van der Waals surface area (Å²) < 4.78 is 13.2. The van der Waals surface area contributed by atoms with Crippen molar-refractivity contribution in [2.75, 3.05) is 0 Å². The number of phenols is 1. The largest absolute Gasteiger partial charge is 0.503 e. The maximum atomic E-state index is 13.2. The van der Waals surface area contributed by atoms with Crippen LogP contribution in [0.25, 0.3) is 10.9 Å². The molecule has 2 aromatic rings. The van der Waals surface area contributed by atoms with Crippen molar-refractivity contribution in [3.05, 3.63) is 35.8 Å². The van der Waals surface area contributed by atoms with Crippen LogP contribution in [0.4, 0.5) is 4.39 Å². The lowest BCUT2D eigenvalue weighted by Crippen LogP contribution is -1.92. The molecular weight excluding hydrogens is 197 g/mol. The van der Waals surface area contributed by atoms with Gasteiger partial charge < -0.3 is 9.90 Å². The Hall–Kier alpha value is -1.97. The molecule has 0 fully saturated rings. The fraction of sp³-hybridized carbons (Fsp3) is 0.0909. The Morgan fingerprint density at radius 3 is 3.07 bits per heavy atom. The molecule has 0 radical (unpaired) electrons. The van der Waals surface area contributed by atoms with Crippen LogP contribution in [0.3, 0.4) is 0 Å². The number of halogens is 1. The van der Waals surface area contributed by atoms with Gasteiger partial charge in [-0.3, -0.25) is 4.98 Å². The third-order valence-electron chi connectivity index (χ3n) is 2.21. The van der Waals surface area contributed by atoms with Crippen LogP contribution in [-0.4, -0.2) is 16.4 Å². The van der Waals surface area contributed by atoms with Crippen molar-refractivity contribution in [3.8, 4) is 5.75 Å². The zero-order valence-corrected chi connectivity index (χ0v) is 7.77. The first-order valence-electron chi connectivity index (χ1n) is 4.42. The summed E-state index contributed by atoms with van der Waals surface area (Å²) >= 11 is 0. The summed E-state index contributed by atoms with van der Waals surface area (Å²) in [7, 11) is 0. The van der Waals surface area contributed by atoms with Gasteiger partial charge in [0.15, 0.2) is 11.6 Å². The molecule has 15 heavy (non-hydrogen) atoms. The molecule has 0 atom stereocenters. The molecular formula is C11H8FNO2. The highest BCUT2D eigenvalue weighted by molar-refractivity contribution is 5.88. The highest BCUT2D eigenvalue weighted by atomic mass is 19.1. The second-order valence-corrected chi connectivity index (χ2v) is 3.14. The number of carbonyl (C=O) groups is 1. The standard InChI is InChI=1S/C11H8FNO2/c12-9-6-7(3-5-14)8-2-1-4-13-10(8)11(9)15/h1-2,4-6,15H,3H2. The number of benzene rings is 1. The van der Waals surface area contributed by atoms with Gasteiger partial charge in [-0.15, -0.1) is 0 Å². The van der Waals surface area contributed by atoms with Crippen LogP contribution in [0.2, 0.25) is 0 Å². The van der Waals surface area contributed by atoms with Gasteiger partial charge in [-0.2, -0.15) is 0 Å². The normalized spacial score (nSPS) is 10.5. The maximum absolute atomic E-state index is 13.2. The molecule has 0 spiro atoms. The van der Waals surface area contributed by atoms with Crippen molar-refractivity contribution in [1.29, 1.82) is 0 Å². The average molecular weight is 205 g/mol. The summed E-state index contributed by atoms with van der Waals surface area (Å²) in [4.78, 5) is 14.3. The Morgan fingerprint density at radius 1 is 1.53 bits per heavy atom. The molecule has 1 N–H and O–H groups in total. The molecule has 2 rings (SSSR count). The van der Waals surface area contributed by atoms with E-state index in [1.807, 2.05) is 0 Å². The number of carbonyl (C=O) groups excluding carboxylic acids is 1. The van der Waals surface area contributed by atoms with Gasteiger partial charge in [0, 0.05) is 18.0 Å². The molecule has 0 saturated heterocycles. The Bertz CT molecular complexity index is 525. The number of rotatable bonds is 2. The number of aromatic hydroxyl groups is 1. The third kappa shape index (κ3) is 1.54. The summed E-state index contributed by atoms with van der Waals surface area (Å²) in [6.45, 7) is 0. The minimum Gasteiger partial charge on any atom is -0.503 e. The number of phenolic OH excluding ortho intramolecular Hbond substituents is 1. The first-order chi connectivity index (χ1) is 7.24. The highest BCUT2D eigenvalue weighted by Gasteiger charge is 2.11. The lowest BCUT2D eigenvalue weighted by atomic mass is 10.1. The van der Waals surface area contributed by atoms with Crippen LogP contribution in [0.5, 0.6) is 5.75 Å². The summed E-state index contributed by atoms with van der Waals surface area (Å²) in [6.07, 6.45) is 2.27. The van der Waals surface area contributed by atoms with Crippen molar-refractivity contribution in [3.63, 3.8) is 0 Å².